The molecule has 0 aliphatic heterocycles. The Morgan fingerprint density at radius 3 is 2.67 bits per heavy atom. The molecule has 76 valence electrons. The topological polar surface area (TPSA) is 17.1 Å². The zero-order valence-corrected chi connectivity index (χ0v) is 8.98. The maximum atomic E-state index is 13.1. The van der Waals surface area contributed by atoms with Gasteiger partial charge in [-0.15, -0.1) is 11.3 Å². The van der Waals surface area contributed by atoms with E-state index in [4.69, 9.17) is 0 Å². The molecule has 3 heteroatoms. The summed E-state index contributed by atoms with van der Waals surface area (Å²) >= 11 is 1.37. The van der Waals surface area contributed by atoms with Gasteiger partial charge in [0.25, 0.3) is 0 Å². The number of hydrogen-bond donors (Lipinski definition) is 0. The Labute approximate surface area is 91.2 Å². The first-order valence-electron chi connectivity index (χ1n) is 4.51. The van der Waals surface area contributed by atoms with E-state index in [9.17, 15) is 9.18 Å². The van der Waals surface area contributed by atoms with Crippen LogP contribution in [-0.4, -0.2) is 6.29 Å². The Hall–Kier alpha value is -1.48. The van der Waals surface area contributed by atoms with Gasteiger partial charge in [-0.25, -0.2) is 4.39 Å². The summed E-state index contributed by atoms with van der Waals surface area (Å²) < 4.78 is 13.1. The first-order valence-corrected chi connectivity index (χ1v) is 5.33. The number of halogens is 1. The van der Waals surface area contributed by atoms with Crippen LogP contribution in [-0.2, 0) is 0 Å². The number of carbonyl (C=O) groups is 1. The van der Waals surface area contributed by atoms with E-state index >= 15 is 0 Å². The first kappa shape index (κ1) is 10.1. The van der Waals surface area contributed by atoms with Crippen molar-refractivity contribution in [3.63, 3.8) is 0 Å². The summed E-state index contributed by atoms with van der Waals surface area (Å²) in [5, 5.41) is 0. The fourth-order valence-electron chi connectivity index (χ4n) is 1.45. The summed E-state index contributed by atoms with van der Waals surface area (Å²) in [6.45, 7) is 1.85. The third-order valence-corrected chi connectivity index (χ3v) is 3.13. The van der Waals surface area contributed by atoms with Gasteiger partial charge in [0.1, 0.15) is 5.82 Å². The van der Waals surface area contributed by atoms with E-state index in [-0.39, 0.29) is 5.82 Å². The smallest absolute Gasteiger partial charge is 0.160 e. The van der Waals surface area contributed by atoms with Gasteiger partial charge in [0.05, 0.1) is 4.88 Å². The molecule has 1 nitrogen and oxygen atoms in total. The molecule has 2 aromatic rings. The highest BCUT2D eigenvalue weighted by Crippen LogP contribution is 2.28. The third kappa shape index (κ3) is 2.13. The summed E-state index contributed by atoms with van der Waals surface area (Å²) in [7, 11) is 0. The molecule has 0 radical (unpaired) electrons. The van der Waals surface area contributed by atoms with Crippen molar-refractivity contribution in [1.82, 2.24) is 0 Å². The molecule has 1 aromatic carbocycles. The average Bonchev–Trinajstić information content (AvgIpc) is 2.64. The maximum absolute atomic E-state index is 13.1. The van der Waals surface area contributed by atoms with Crippen LogP contribution in [0.2, 0.25) is 0 Å². The van der Waals surface area contributed by atoms with Crippen molar-refractivity contribution in [3.8, 4) is 10.4 Å². The van der Waals surface area contributed by atoms with Gasteiger partial charge in [-0.3, -0.25) is 4.79 Å². The number of rotatable bonds is 2. The number of carbonyl (C=O) groups excluding carboxylic acids is 1. The van der Waals surface area contributed by atoms with Crippen molar-refractivity contribution < 1.29 is 9.18 Å². The van der Waals surface area contributed by atoms with Gasteiger partial charge in [-0.05, 0) is 42.3 Å². The molecule has 0 amide bonds. The molecule has 0 spiro atoms. The van der Waals surface area contributed by atoms with Gasteiger partial charge in [-0.1, -0.05) is 6.07 Å². The van der Waals surface area contributed by atoms with E-state index in [1.165, 1.54) is 23.5 Å². The fraction of sp³-hybridized carbons (Fsp3) is 0.0833. The highest BCUT2D eigenvalue weighted by molar-refractivity contribution is 7.17. The van der Waals surface area contributed by atoms with Gasteiger partial charge in [0.2, 0.25) is 0 Å². The molecule has 0 N–H and O–H groups in total. The number of aryl methyl sites for hydroxylation is 1. The number of aldehydes is 1. The maximum Gasteiger partial charge on any atom is 0.160 e. The first-order chi connectivity index (χ1) is 7.19. The monoisotopic (exact) mass is 220 g/mol. The van der Waals surface area contributed by atoms with Crippen LogP contribution in [0.15, 0.2) is 30.3 Å². The molecule has 0 saturated carbocycles. The van der Waals surface area contributed by atoms with Crippen molar-refractivity contribution in [2.75, 3.05) is 0 Å². The van der Waals surface area contributed by atoms with Crippen LogP contribution in [0.25, 0.3) is 10.4 Å². The minimum Gasteiger partial charge on any atom is -0.297 e. The van der Waals surface area contributed by atoms with Crippen LogP contribution < -0.4 is 0 Å². The van der Waals surface area contributed by atoms with Crippen LogP contribution in [0.4, 0.5) is 4.39 Å². The molecule has 15 heavy (non-hydrogen) atoms. The highest BCUT2D eigenvalue weighted by atomic mass is 32.1. The second-order valence-corrected chi connectivity index (χ2v) is 4.45. The standard InChI is InChI=1S/C12H9FOS/c1-8-4-9(6-10(13)5-8)12-3-2-11(7-14)15-12/h2-7H,1H3. The SMILES string of the molecule is Cc1cc(F)cc(-c2ccc(C=O)s2)c1. The van der Waals surface area contributed by atoms with Crippen LogP contribution in [0.1, 0.15) is 15.2 Å². The quantitative estimate of drug-likeness (QED) is 0.706. The zero-order valence-electron chi connectivity index (χ0n) is 8.16. The average molecular weight is 220 g/mol. The Bertz CT molecular complexity index is 482. The van der Waals surface area contributed by atoms with Crippen LogP contribution >= 0.6 is 11.3 Å². The van der Waals surface area contributed by atoms with E-state index in [0.717, 1.165) is 22.3 Å². The van der Waals surface area contributed by atoms with Crippen LogP contribution in [0, 0.1) is 12.7 Å². The second kappa shape index (κ2) is 3.95. The Morgan fingerprint density at radius 1 is 1.27 bits per heavy atom. The lowest BCUT2D eigenvalue weighted by atomic mass is 10.1. The minimum absolute atomic E-state index is 0.244. The van der Waals surface area contributed by atoms with Gasteiger partial charge < -0.3 is 0 Å². The minimum atomic E-state index is -0.244. The molecule has 0 bridgehead atoms. The lowest BCUT2D eigenvalue weighted by molar-refractivity contribution is 0.112. The van der Waals surface area contributed by atoms with E-state index in [0.29, 0.717) is 4.88 Å². The largest absolute Gasteiger partial charge is 0.297 e. The summed E-state index contributed by atoms with van der Waals surface area (Å²) in [6, 6.07) is 8.45. The van der Waals surface area contributed by atoms with Gasteiger partial charge in [-0.2, -0.15) is 0 Å². The lowest BCUT2D eigenvalue weighted by Crippen LogP contribution is -1.80. The molecule has 0 aliphatic carbocycles. The molecule has 1 heterocycles. The molecule has 0 saturated heterocycles. The molecule has 0 unspecified atom stereocenters. The highest BCUT2D eigenvalue weighted by Gasteiger charge is 2.04. The van der Waals surface area contributed by atoms with Crippen LogP contribution in [0.5, 0.6) is 0 Å². The molecular weight excluding hydrogens is 211 g/mol. The van der Waals surface area contributed by atoms with E-state index in [2.05, 4.69) is 0 Å². The Morgan fingerprint density at radius 2 is 2.07 bits per heavy atom. The summed E-state index contributed by atoms with van der Waals surface area (Å²) in [6.07, 6.45) is 0.806. The van der Waals surface area contributed by atoms with E-state index < -0.39 is 0 Å². The van der Waals surface area contributed by atoms with Gasteiger partial charge >= 0.3 is 0 Å². The molecular formula is C12H9FOS. The molecule has 1 aromatic heterocycles. The summed E-state index contributed by atoms with van der Waals surface area (Å²) in [5.41, 5.74) is 1.71. The third-order valence-electron chi connectivity index (χ3n) is 2.07. The van der Waals surface area contributed by atoms with Crippen molar-refractivity contribution >= 4 is 17.6 Å². The van der Waals surface area contributed by atoms with Crippen molar-refractivity contribution in [1.29, 1.82) is 0 Å². The van der Waals surface area contributed by atoms with Crippen molar-refractivity contribution in [3.05, 3.63) is 46.6 Å². The summed E-state index contributed by atoms with van der Waals surface area (Å²) in [4.78, 5) is 12.1. The molecule has 2 rings (SSSR count). The molecule has 0 atom stereocenters. The predicted molar refractivity (Wildman–Crippen MR) is 59.8 cm³/mol. The van der Waals surface area contributed by atoms with E-state index in [1.807, 2.05) is 19.1 Å². The zero-order chi connectivity index (χ0) is 10.8. The van der Waals surface area contributed by atoms with Crippen LogP contribution in [0.3, 0.4) is 0 Å². The second-order valence-electron chi connectivity index (χ2n) is 3.34. The van der Waals surface area contributed by atoms with E-state index in [1.54, 1.807) is 6.07 Å². The summed E-state index contributed by atoms with van der Waals surface area (Å²) in [5.74, 6) is -0.244. The lowest BCUT2D eigenvalue weighted by Gasteiger charge is -1.99. The number of benzene rings is 1. The molecule has 0 aliphatic rings. The number of thiophene rings is 1. The molecule has 0 fully saturated rings. The number of hydrogen-bond acceptors (Lipinski definition) is 2. The Balaban J connectivity index is 2.48. The van der Waals surface area contributed by atoms with Gasteiger partial charge in [0.15, 0.2) is 6.29 Å². The van der Waals surface area contributed by atoms with Gasteiger partial charge in [0, 0.05) is 4.88 Å². The normalized spacial score (nSPS) is 10.3. The Kier molecular flexibility index (Phi) is 2.64. The predicted octanol–water partition coefficient (Wildman–Crippen LogP) is 3.68. The van der Waals surface area contributed by atoms with Crippen molar-refractivity contribution in [2.24, 2.45) is 0 Å². The fourth-order valence-corrected chi connectivity index (χ4v) is 2.26. The van der Waals surface area contributed by atoms with Crippen molar-refractivity contribution in [2.45, 2.75) is 6.92 Å².